The summed E-state index contributed by atoms with van der Waals surface area (Å²) in [6.07, 6.45) is 4.56. The number of hydrogen-bond donors (Lipinski definition) is 1. The van der Waals surface area contributed by atoms with E-state index in [2.05, 4.69) is 4.72 Å². The van der Waals surface area contributed by atoms with Gasteiger partial charge >= 0.3 is 0 Å². The smallest absolute Gasteiger partial charge is 0.215 e. The van der Waals surface area contributed by atoms with Gasteiger partial charge in [0, 0.05) is 19.1 Å². The second kappa shape index (κ2) is 7.34. The summed E-state index contributed by atoms with van der Waals surface area (Å²) in [5.41, 5.74) is 1.02. The van der Waals surface area contributed by atoms with Crippen LogP contribution >= 0.6 is 0 Å². The lowest BCUT2D eigenvalue weighted by Gasteiger charge is -2.34. The Balaban J connectivity index is 1.68. The zero-order chi connectivity index (χ0) is 18.1. The number of sulfonamides is 2. The van der Waals surface area contributed by atoms with E-state index in [4.69, 9.17) is 0 Å². The highest BCUT2D eigenvalue weighted by molar-refractivity contribution is 7.90. The summed E-state index contributed by atoms with van der Waals surface area (Å²) in [7, 11) is -6.76. The molecule has 0 radical (unpaired) electrons. The minimum Gasteiger partial charge on any atom is -0.215 e. The Bertz CT molecular complexity index is 800. The molecule has 0 spiro atoms. The van der Waals surface area contributed by atoms with E-state index in [1.165, 1.54) is 0 Å². The van der Waals surface area contributed by atoms with Gasteiger partial charge in [0.2, 0.25) is 20.0 Å². The number of rotatable bonds is 7. The lowest BCUT2D eigenvalue weighted by atomic mass is 10.0. The molecule has 0 aromatic heterocycles. The summed E-state index contributed by atoms with van der Waals surface area (Å²) in [6, 6.07) is 6.74. The number of piperidine rings is 1. The maximum Gasteiger partial charge on any atom is 0.243 e. The zero-order valence-corrected chi connectivity index (χ0v) is 16.2. The van der Waals surface area contributed by atoms with Crippen molar-refractivity contribution < 1.29 is 16.8 Å². The third-order valence-corrected chi connectivity index (χ3v) is 8.87. The van der Waals surface area contributed by atoms with Gasteiger partial charge in [-0.25, -0.2) is 21.6 Å². The Labute approximate surface area is 150 Å². The molecule has 1 N–H and O–H groups in total. The third kappa shape index (κ3) is 4.42. The van der Waals surface area contributed by atoms with Gasteiger partial charge in [0.15, 0.2) is 0 Å². The topological polar surface area (TPSA) is 83.6 Å². The van der Waals surface area contributed by atoms with E-state index in [1.54, 1.807) is 28.6 Å². The van der Waals surface area contributed by atoms with Crippen molar-refractivity contribution in [2.75, 3.05) is 13.1 Å². The van der Waals surface area contributed by atoms with Crippen LogP contribution in [0.15, 0.2) is 29.2 Å². The summed E-state index contributed by atoms with van der Waals surface area (Å²) in [4.78, 5) is 0.309. The minimum atomic E-state index is -3.54. The van der Waals surface area contributed by atoms with Crippen molar-refractivity contribution in [2.45, 2.75) is 61.6 Å². The van der Waals surface area contributed by atoms with Gasteiger partial charge in [0.1, 0.15) is 0 Å². The summed E-state index contributed by atoms with van der Waals surface area (Å²) in [6.45, 7) is 2.71. The molecule has 1 saturated heterocycles. The van der Waals surface area contributed by atoms with Crippen molar-refractivity contribution in [1.29, 1.82) is 0 Å². The van der Waals surface area contributed by atoms with Gasteiger partial charge in [-0.2, -0.15) is 4.31 Å². The number of aryl methyl sites for hydroxylation is 1. The molecule has 1 atom stereocenters. The molecular weight excluding hydrogens is 360 g/mol. The van der Waals surface area contributed by atoms with E-state index in [0.29, 0.717) is 24.4 Å². The predicted octanol–water partition coefficient (Wildman–Crippen LogP) is 2.01. The van der Waals surface area contributed by atoms with E-state index < -0.39 is 20.0 Å². The molecule has 1 aliphatic carbocycles. The first-order chi connectivity index (χ1) is 11.8. The molecule has 2 aliphatic rings. The normalized spacial score (nSPS) is 22.8. The van der Waals surface area contributed by atoms with Crippen LogP contribution < -0.4 is 4.72 Å². The van der Waals surface area contributed by atoms with Crippen LogP contribution in [-0.2, 0) is 20.0 Å². The molecule has 1 saturated carbocycles. The summed E-state index contributed by atoms with van der Waals surface area (Å²) in [5.74, 6) is 0. The molecule has 1 aliphatic heterocycles. The van der Waals surface area contributed by atoms with E-state index in [-0.39, 0.29) is 11.3 Å². The SMILES string of the molecule is Cc1ccc(S(=O)(=O)N2CCCCC2CCNS(=O)(=O)C2CC2)cc1. The molecule has 2 fully saturated rings. The number of nitrogens with zero attached hydrogens (tertiary/aromatic N) is 1. The van der Waals surface area contributed by atoms with E-state index in [9.17, 15) is 16.8 Å². The maximum absolute atomic E-state index is 13.0. The summed E-state index contributed by atoms with van der Waals surface area (Å²) >= 11 is 0. The second-order valence-electron chi connectivity index (χ2n) is 7.01. The van der Waals surface area contributed by atoms with Crippen molar-refractivity contribution >= 4 is 20.0 Å². The Kier molecular flexibility index (Phi) is 5.53. The number of nitrogens with one attached hydrogen (secondary N) is 1. The van der Waals surface area contributed by atoms with Crippen LogP contribution in [0.25, 0.3) is 0 Å². The molecule has 1 aromatic rings. The zero-order valence-electron chi connectivity index (χ0n) is 14.5. The molecule has 6 nitrogen and oxygen atoms in total. The first-order valence-electron chi connectivity index (χ1n) is 8.88. The van der Waals surface area contributed by atoms with Gasteiger partial charge in [-0.3, -0.25) is 0 Å². The standard InChI is InChI=1S/C17H26N2O4S2/c1-14-5-7-17(8-6-14)25(22,23)19-13-3-2-4-15(19)11-12-18-24(20,21)16-9-10-16/h5-8,15-16,18H,2-4,9-13H2,1H3. The van der Waals surface area contributed by atoms with Crippen molar-refractivity contribution in [3.8, 4) is 0 Å². The highest BCUT2D eigenvalue weighted by Gasteiger charge is 2.36. The van der Waals surface area contributed by atoms with Gasteiger partial charge in [-0.05, 0) is 51.2 Å². The Hall–Kier alpha value is -0.960. The summed E-state index contributed by atoms with van der Waals surface area (Å²) < 4.78 is 54.0. The van der Waals surface area contributed by atoms with Crippen LogP contribution in [0.4, 0.5) is 0 Å². The van der Waals surface area contributed by atoms with Crippen LogP contribution in [0, 0.1) is 6.92 Å². The molecule has 1 aromatic carbocycles. The molecule has 1 unspecified atom stereocenters. The minimum absolute atomic E-state index is 0.151. The lowest BCUT2D eigenvalue weighted by Crippen LogP contribution is -2.45. The monoisotopic (exact) mass is 386 g/mol. The number of hydrogen-bond acceptors (Lipinski definition) is 4. The van der Waals surface area contributed by atoms with Crippen LogP contribution in [0.3, 0.4) is 0 Å². The molecule has 0 amide bonds. The summed E-state index contributed by atoms with van der Waals surface area (Å²) in [5, 5.41) is -0.244. The maximum atomic E-state index is 13.0. The van der Waals surface area contributed by atoms with Gasteiger partial charge < -0.3 is 0 Å². The number of benzene rings is 1. The first-order valence-corrected chi connectivity index (χ1v) is 11.9. The molecule has 0 bridgehead atoms. The fraction of sp³-hybridized carbons (Fsp3) is 0.647. The van der Waals surface area contributed by atoms with E-state index in [0.717, 1.165) is 37.7 Å². The second-order valence-corrected chi connectivity index (χ2v) is 10.9. The largest absolute Gasteiger partial charge is 0.243 e. The molecular formula is C17H26N2O4S2. The third-order valence-electron chi connectivity index (χ3n) is 4.94. The lowest BCUT2D eigenvalue weighted by molar-refractivity contribution is 0.242. The Morgan fingerprint density at radius 3 is 2.36 bits per heavy atom. The van der Waals surface area contributed by atoms with Crippen LogP contribution in [-0.4, -0.2) is 45.5 Å². The van der Waals surface area contributed by atoms with Crippen molar-refractivity contribution in [2.24, 2.45) is 0 Å². The fourth-order valence-electron chi connectivity index (χ4n) is 3.29. The highest BCUT2D eigenvalue weighted by Crippen LogP contribution is 2.29. The fourth-order valence-corrected chi connectivity index (χ4v) is 6.41. The molecule has 8 heteroatoms. The van der Waals surface area contributed by atoms with E-state index in [1.807, 2.05) is 6.92 Å². The van der Waals surface area contributed by atoms with Gasteiger partial charge in [0.05, 0.1) is 10.1 Å². The van der Waals surface area contributed by atoms with Crippen LogP contribution in [0.1, 0.15) is 44.1 Å². The van der Waals surface area contributed by atoms with Gasteiger partial charge in [0.25, 0.3) is 0 Å². The van der Waals surface area contributed by atoms with Crippen molar-refractivity contribution in [1.82, 2.24) is 9.03 Å². The van der Waals surface area contributed by atoms with Gasteiger partial charge in [-0.15, -0.1) is 0 Å². The van der Waals surface area contributed by atoms with Gasteiger partial charge in [-0.1, -0.05) is 24.1 Å². The Morgan fingerprint density at radius 1 is 1.04 bits per heavy atom. The highest BCUT2D eigenvalue weighted by atomic mass is 32.2. The molecule has 140 valence electrons. The van der Waals surface area contributed by atoms with Crippen molar-refractivity contribution in [3.05, 3.63) is 29.8 Å². The van der Waals surface area contributed by atoms with Crippen LogP contribution in [0.2, 0.25) is 0 Å². The first kappa shape index (κ1) is 18.8. The molecule has 25 heavy (non-hydrogen) atoms. The van der Waals surface area contributed by atoms with Crippen LogP contribution in [0.5, 0.6) is 0 Å². The molecule has 1 heterocycles. The average molecular weight is 387 g/mol. The quantitative estimate of drug-likeness (QED) is 0.777. The van der Waals surface area contributed by atoms with E-state index >= 15 is 0 Å². The molecule has 3 rings (SSSR count). The van der Waals surface area contributed by atoms with Crippen molar-refractivity contribution in [3.63, 3.8) is 0 Å². The predicted molar refractivity (Wildman–Crippen MR) is 97.3 cm³/mol. The Morgan fingerprint density at radius 2 is 1.72 bits per heavy atom. The average Bonchev–Trinajstić information content (AvgIpc) is 3.41.